The second-order valence-electron chi connectivity index (χ2n) is 8.55. The summed E-state index contributed by atoms with van der Waals surface area (Å²) in [7, 11) is 0. The number of fused-ring (bicyclic) bond motifs is 5. The van der Waals surface area contributed by atoms with Crippen LogP contribution in [0.25, 0.3) is 15.9 Å². The Hall–Kier alpha value is -1.67. The van der Waals surface area contributed by atoms with E-state index in [2.05, 4.69) is 24.0 Å². The molecule has 0 radical (unpaired) electrons. The Balaban J connectivity index is 1.46. The Labute approximate surface area is 179 Å². The average Bonchev–Trinajstić information content (AvgIpc) is 3.27. The van der Waals surface area contributed by atoms with Gasteiger partial charge in [0.2, 0.25) is 5.91 Å². The van der Waals surface area contributed by atoms with Crippen molar-refractivity contribution in [2.45, 2.75) is 70.5 Å². The number of piperidine rings is 1. The minimum Gasteiger partial charge on any atom is -0.339 e. The monoisotopic (exact) mass is 429 g/mol. The number of carbonyl (C=O) groups is 1. The first-order valence-electron chi connectivity index (χ1n) is 10.6. The molecule has 2 atom stereocenters. The van der Waals surface area contributed by atoms with E-state index in [9.17, 15) is 4.79 Å². The maximum Gasteiger partial charge on any atom is 0.233 e. The van der Waals surface area contributed by atoms with Crippen LogP contribution in [0.15, 0.2) is 5.16 Å². The molecule has 3 aromatic rings. The molecule has 2 aliphatic rings. The van der Waals surface area contributed by atoms with Gasteiger partial charge < -0.3 is 4.90 Å². The van der Waals surface area contributed by atoms with E-state index < -0.39 is 0 Å². The first-order valence-corrected chi connectivity index (χ1v) is 12.4. The van der Waals surface area contributed by atoms with Gasteiger partial charge in [-0.1, -0.05) is 18.7 Å². The molecule has 0 unspecified atom stereocenters. The standard InChI is InChI=1S/C21H27N5OS2/c1-12-7-8-15-16(10-12)29-20-18(15)19-23-24-21(26(19)14(3)22-20)28-11-17(27)25-9-5-4-6-13(25)2/h12-13H,4-11H2,1-3H3/t12-,13-/m0/s1. The quantitative estimate of drug-likeness (QED) is 0.582. The van der Waals surface area contributed by atoms with Crippen molar-refractivity contribution in [3.63, 3.8) is 0 Å². The number of likely N-dealkylation sites (tertiary alicyclic amines) is 1. The van der Waals surface area contributed by atoms with Gasteiger partial charge in [-0.15, -0.1) is 21.5 Å². The maximum atomic E-state index is 12.8. The van der Waals surface area contributed by atoms with Crippen LogP contribution >= 0.6 is 23.1 Å². The topological polar surface area (TPSA) is 63.4 Å². The van der Waals surface area contributed by atoms with Gasteiger partial charge in [0.05, 0.1) is 11.1 Å². The third-order valence-electron chi connectivity index (χ3n) is 6.39. The number of aryl methyl sites for hydroxylation is 2. The highest BCUT2D eigenvalue weighted by Gasteiger charge is 2.26. The molecule has 1 saturated heterocycles. The third kappa shape index (κ3) is 3.34. The number of aromatic nitrogens is 4. The molecule has 5 rings (SSSR count). The van der Waals surface area contributed by atoms with Crippen LogP contribution in [-0.2, 0) is 17.6 Å². The normalized spacial score (nSPS) is 22.4. The zero-order valence-electron chi connectivity index (χ0n) is 17.3. The summed E-state index contributed by atoms with van der Waals surface area (Å²) in [4.78, 5) is 22.2. The molecule has 29 heavy (non-hydrogen) atoms. The predicted octanol–water partition coefficient (Wildman–Crippen LogP) is 4.27. The van der Waals surface area contributed by atoms with E-state index in [0.29, 0.717) is 11.8 Å². The summed E-state index contributed by atoms with van der Waals surface area (Å²) in [6, 6.07) is 0.342. The van der Waals surface area contributed by atoms with Gasteiger partial charge in [0, 0.05) is 17.5 Å². The number of thioether (sulfide) groups is 1. The number of amides is 1. The molecule has 6 nitrogen and oxygen atoms in total. The summed E-state index contributed by atoms with van der Waals surface area (Å²) < 4.78 is 2.05. The highest BCUT2D eigenvalue weighted by molar-refractivity contribution is 7.99. The van der Waals surface area contributed by atoms with Crippen molar-refractivity contribution in [1.82, 2.24) is 24.5 Å². The fourth-order valence-electron chi connectivity index (χ4n) is 4.74. The maximum absolute atomic E-state index is 12.8. The van der Waals surface area contributed by atoms with E-state index in [1.165, 1.54) is 40.4 Å². The highest BCUT2D eigenvalue weighted by atomic mass is 32.2. The molecule has 1 fully saturated rings. The van der Waals surface area contributed by atoms with Crippen molar-refractivity contribution >= 4 is 44.9 Å². The zero-order valence-corrected chi connectivity index (χ0v) is 18.9. The number of thiophene rings is 1. The Morgan fingerprint density at radius 3 is 2.93 bits per heavy atom. The van der Waals surface area contributed by atoms with Crippen LogP contribution in [0.2, 0.25) is 0 Å². The van der Waals surface area contributed by atoms with Gasteiger partial charge in [-0.3, -0.25) is 9.20 Å². The molecule has 0 saturated carbocycles. The number of hydrogen-bond donors (Lipinski definition) is 0. The summed E-state index contributed by atoms with van der Waals surface area (Å²) >= 11 is 3.30. The van der Waals surface area contributed by atoms with Crippen molar-refractivity contribution < 1.29 is 4.79 Å². The van der Waals surface area contributed by atoms with Crippen LogP contribution in [0.3, 0.4) is 0 Å². The van der Waals surface area contributed by atoms with Crippen LogP contribution in [-0.4, -0.2) is 48.7 Å². The lowest BCUT2D eigenvalue weighted by molar-refractivity contribution is -0.131. The van der Waals surface area contributed by atoms with Crippen molar-refractivity contribution in [2.75, 3.05) is 12.3 Å². The van der Waals surface area contributed by atoms with E-state index in [4.69, 9.17) is 4.98 Å². The molecular formula is C21H27N5OS2. The SMILES string of the molecule is Cc1nc2sc3c(c2c2nnc(SCC(=O)N4CCCC[C@@H]4C)n12)CC[C@H](C)C3. The summed E-state index contributed by atoms with van der Waals surface area (Å²) in [5.41, 5.74) is 2.32. The molecule has 3 aromatic heterocycles. The van der Waals surface area contributed by atoms with Crippen molar-refractivity contribution in [3.05, 3.63) is 16.3 Å². The van der Waals surface area contributed by atoms with E-state index in [-0.39, 0.29) is 5.91 Å². The van der Waals surface area contributed by atoms with Gasteiger partial charge in [0.1, 0.15) is 10.7 Å². The summed E-state index contributed by atoms with van der Waals surface area (Å²) in [5, 5.41) is 11.0. The summed E-state index contributed by atoms with van der Waals surface area (Å²) in [6.07, 6.45) is 6.89. The predicted molar refractivity (Wildman–Crippen MR) is 118 cm³/mol. The van der Waals surface area contributed by atoms with E-state index in [1.54, 1.807) is 0 Å². The summed E-state index contributed by atoms with van der Waals surface area (Å²) in [6.45, 7) is 7.37. The average molecular weight is 430 g/mol. The second-order valence-corrected chi connectivity index (χ2v) is 10.6. The van der Waals surface area contributed by atoms with Gasteiger partial charge in [-0.25, -0.2) is 4.98 Å². The molecule has 1 aliphatic carbocycles. The molecular weight excluding hydrogens is 402 g/mol. The lowest BCUT2D eigenvalue weighted by Crippen LogP contribution is -2.42. The van der Waals surface area contributed by atoms with Gasteiger partial charge in [0.25, 0.3) is 0 Å². The molecule has 4 heterocycles. The van der Waals surface area contributed by atoms with Crippen LogP contribution in [0, 0.1) is 12.8 Å². The zero-order chi connectivity index (χ0) is 20.1. The van der Waals surface area contributed by atoms with Crippen LogP contribution in [0.1, 0.15) is 55.8 Å². The van der Waals surface area contributed by atoms with Gasteiger partial charge >= 0.3 is 0 Å². The summed E-state index contributed by atoms with van der Waals surface area (Å²) in [5.74, 6) is 2.24. The third-order valence-corrected chi connectivity index (χ3v) is 8.45. The molecule has 154 valence electrons. The molecule has 1 amide bonds. The lowest BCUT2D eigenvalue weighted by Gasteiger charge is -2.33. The van der Waals surface area contributed by atoms with Crippen molar-refractivity contribution in [1.29, 1.82) is 0 Å². The Morgan fingerprint density at radius 1 is 1.24 bits per heavy atom. The minimum atomic E-state index is 0.201. The largest absolute Gasteiger partial charge is 0.339 e. The number of rotatable bonds is 3. The first kappa shape index (κ1) is 19.3. The number of hydrogen-bond acceptors (Lipinski definition) is 6. The van der Waals surface area contributed by atoms with Gasteiger partial charge in [0.15, 0.2) is 10.8 Å². The fourth-order valence-corrected chi connectivity index (χ4v) is 7.03. The molecule has 0 N–H and O–H groups in total. The van der Waals surface area contributed by atoms with Crippen LogP contribution in [0.5, 0.6) is 0 Å². The smallest absolute Gasteiger partial charge is 0.233 e. The molecule has 0 bridgehead atoms. The fraction of sp³-hybridized carbons (Fsp3) is 0.619. The van der Waals surface area contributed by atoms with E-state index in [0.717, 1.165) is 59.6 Å². The highest BCUT2D eigenvalue weighted by Crippen LogP contribution is 2.39. The van der Waals surface area contributed by atoms with Crippen molar-refractivity contribution in [3.8, 4) is 0 Å². The lowest BCUT2D eigenvalue weighted by atomic mass is 9.89. The number of nitrogens with zero attached hydrogens (tertiary/aromatic N) is 5. The van der Waals surface area contributed by atoms with Crippen LogP contribution < -0.4 is 0 Å². The van der Waals surface area contributed by atoms with Crippen molar-refractivity contribution in [2.24, 2.45) is 5.92 Å². The van der Waals surface area contributed by atoms with Gasteiger partial charge in [-0.05, 0) is 63.9 Å². The Kier molecular flexibility index (Phi) is 5.02. The second kappa shape index (κ2) is 7.54. The Morgan fingerprint density at radius 2 is 2.10 bits per heavy atom. The van der Waals surface area contributed by atoms with Gasteiger partial charge in [-0.2, -0.15) is 0 Å². The van der Waals surface area contributed by atoms with E-state index >= 15 is 0 Å². The first-order chi connectivity index (χ1) is 14.0. The molecule has 0 aromatic carbocycles. The Bertz CT molecular complexity index is 1090. The molecule has 0 spiro atoms. The molecule has 1 aliphatic heterocycles. The van der Waals surface area contributed by atoms with Crippen LogP contribution in [0.4, 0.5) is 0 Å². The molecule has 8 heteroatoms. The minimum absolute atomic E-state index is 0.201. The number of carbonyl (C=O) groups excluding carboxylic acids is 1. The van der Waals surface area contributed by atoms with E-state index in [1.807, 2.05) is 27.6 Å².